The van der Waals surface area contributed by atoms with Crippen LogP contribution in [-0.2, 0) is 27.1 Å². The Morgan fingerprint density at radius 3 is 2.70 bits per heavy atom. The van der Waals surface area contributed by atoms with Crippen LogP contribution in [0.2, 0.25) is 0 Å². The first-order valence-electron chi connectivity index (χ1n) is 9.50. The predicted molar refractivity (Wildman–Crippen MR) is 112 cm³/mol. The molecule has 1 heterocycles. The van der Waals surface area contributed by atoms with Gasteiger partial charge in [-0.05, 0) is 63.2 Å². The molecule has 0 saturated carbocycles. The van der Waals surface area contributed by atoms with Crippen LogP contribution in [0.25, 0.3) is 0 Å². The highest BCUT2D eigenvalue weighted by atomic mass is 32.1. The Morgan fingerprint density at radius 1 is 1.19 bits per heavy atom. The first kappa shape index (κ1) is 21.6. The van der Waals surface area contributed by atoms with Crippen LogP contribution in [0.3, 0.4) is 0 Å². The Kier molecular flexibility index (Phi) is 9.00. The van der Waals surface area contributed by atoms with E-state index < -0.39 is 0 Å². The third kappa shape index (κ3) is 6.46. The van der Waals surface area contributed by atoms with E-state index >= 15 is 0 Å². The zero-order valence-corrected chi connectivity index (χ0v) is 17.7. The van der Waals surface area contributed by atoms with E-state index in [4.69, 9.17) is 17.0 Å². The van der Waals surface area contributed by atoms with Crippen molar-refractivity contribution in [3.05, 3.63) is 16.0 Å². The number of anilines is 1. The average Bonchev–Trinajstić information content (AvgIpc) is 3.02. The summed E-state index contributed by atoms with van der Waals surface area (Å²) in [7, 11) is 1.40. The van der Waals surface area contributed by atoms with Gasteiger partial charge < -0.3 is 20.1 Å². The monoisotopic (exact) mass is 412 g/mol. The molecule has 150 valence electrons. The standard InChI is InChI=1S/C19H28N2O4S2/c1-3-25-18(23)16-13-9-6-7-10-14(13)27-17(16)21-19(26)20-12-8-4-5-11-15(22)24-2/h3-12H2,1-2H3,(H2,20,21,26). The van der Waals surface area contributed by atoms with Crippen LogP contribution in [0.1, 0.15) is 66.2 Å². The van der Waals surface area contributed by atoms with Crippen molar-refractivity contribution in [2.45, 2.75) is 58.3 Å². The Balaban J connectivity index is 1.86. The Morgan fingerprint density at radius 2 is 1.96 bits per heavy atom. The minimum absolute atomic E-state index is 0.173. The zero-order chi connectivity index (χ0) is 19.6. The number of aryl methyl sites for hydroxylation is 1. The second-order valence-electron chi connectivity index (χ2n) is 6.40. The molecule has 0 aliphatic heterocycles. The minimum Gasteiger partial charge on any atom is -0.469 e. The van der Waals surface area contributed by atoms with Gasteiger partial charge in [-0.25, -0.2) is 4.79 Å². The summed E-state index contributed by atoms with van der Waals surface area (Å²) in [5.74, 6) is -0.446. The van der Waals surface area contributed by atoms with Crippen molar-refractivity contribution < 1.29 is 19.1 Å². The molecule has 1 aromatic heterocycles. The normalized spacial score (nSPS) is 12.8. The third-order valence-corrected chi connectivity index (χ3v) is 5.90. The van der Waals surface area contributed by atoms with E-state index in [-0.39, 0.29) is 11.9 Å². The Bertz CT molecular complexity index is 673. The van der Waals surface area contributed by atoms with E-state index in [1.807, 2.05) is 6.92 Å². The quantitative estimate of drug-likeness (QED) is 0.363. The molecule has 0 unspecified atom stereocenters. The highest BCUT2D eigenvalue weighted by Crippen LogP contribution is 2.38. The lowest BCUT2D eigenvalue weighted by atomic mass is 9.95. The molecule has 1 aliphatic rings. The van der Waals surface area contributed by atoms with Gasteiger partial charge in [0, 0.05) is 17.8 Å². The topological polar surface area (TPSA) is 76.7 Å². The molecule has 1 aliphatic carbocycles. The van der Waals surface area contributed by atoms with Gasteiger partial charge in [0.25, 0.3) is 0 Å². The molecule has 6 nitrogen and oxygen atoms in total. The van der Waals surface area contributed by atoms with E-state index in [1.54, 1.807) is 11.3 Å². The van der Waals surface area contributed by atoms with Gasteiger partial charge in [0.15, 0.2) is 5.11 Å². The summed E-state index contributed by atoms with van der Waals surface area (Å²) in [6.45, 7) is 2.89. The molecular weight excluding hydrogens is 384 g/mol. The van der Waals surface area contributed by atoms with Crippen LogP contribution in [0, 0.1) is 0 Å². The molecule has 0 aromatic carbocycles. The van der Waals surface area contributed by atoms with Crippen molar-refractivity contribution in [3.63, 3.8) is 0 Å². The number of unbranched alkanes of at least 4 members (excludes halogenated alkanes) is 2. The van der Waals surface area contributed by atoms with Gasteiger partial charge >= 0.3 is 11.9 Å². The van der Waals surface area contributed by atoms with Gasteiger partial charge in [0.05, 0.1) is 19.3 Å². The number of hydrogen-bond acceptors (Lipinski definition) is 6. The second-order valence-corrected chi connectivity index (χ2v) is 7.92. The van der Waals surface area contributed by atoms with Gasteiger partial charge in [-0.2, -0.15) is 0 Å². The van der Waals surface area contributed by atoms with Crippen LogP contribution in [-0.4, -0.2) is 37.3 Å². The van der Waals surface area contributed by atoms with E-state index in [0.29, 0.717) is 30.2 Å². The number of thiophene rings is 1. The van der Waals surface area contributed by atoms with Crippen LogP contribution in [0.4, 0.5) is 5.00 Å². The molecule has 2 N–H and O–H groups in total. The highest BCUT2D eigenvalue weighted by molar-refractivity contribution is 7.80. The van der Waals surface area contributed by atoms with E-state index in [9.17, 15) is 9.59 Å². The number of ether oxygens (including phenoxy) is 2. The number of carbonyl (C=O) groups is 2. The van der Waals surface area contributed by atoms with Crippen LogP contribution < -0.4 is 10.6 Å². The lowest BCUT2D eigenvalue weighted by Crippen LogP contribution is -2.29. The van der Waals surface area contributed by atoms with Gasteiger partial charge in [-0.15, -0.1) is 11.3 Å². The lowest BCUT2D eigenvalue weighted by Gasteiger charge is -2.13. The number of fused-ring (bicyclic) bond motifs is 1. The van der Waals surface area contributed by atoms with Gasteiger partial charge in [0.2, 0.25) is 0 Å². The summed E-state index contributed by atoms with van der Waals surface area (Å²) in [6, 6.07) is 0. The van der Waals surface area contributed by atoms with E-state index in [2.05, 4.69) is 15.4 Å². The number of rotatable bonds is 9. The average molecular weight is 413 g/mol. The third-order valence-electron chi connectivity index (χ3n) is 4.45. The Hall–Kier alpha value is -1.67. The molecule has 0 spiro atoms. The molecule has 0 amide bonds. The number of hydrogen-bond donors (Lipinski definition) is 2. The summed E-state index contributed by atoms with van der Waals surface area (Å²) >= 11 is 6.99. The molecule has 0 saturated heterocycles. The molecular formula is C19H28N2O4S2. The molecule has 27 heavy (non-hydrogen) atoms. The summed E-state index contributed by atoms with van der Waals surface area (Å²) in [5, 5.41) is 7.65. The molecule has 8 heteroatoms. The minimum atomic E-state index is -0.273. The fourth-order valence-corrected chi connectivity index (χ4v) is 4.65. The van der Waals surface area contributed by atoms with Crippen LogP contribution >= 0.6 is 23.6 Å². The predicted octanol–water partition coefficient (Wildman–Crippen LogP) is 3.82. The van der Waals surface area contributed by atoms with E-state index in [1.165, 1.54) is 12.0 Å². The van der Waals surface area contributed by atoms with Crippen molar-refractivity contribution in [1.29, 1.82) is 0 Å². The second kappa shape index (κ2) is 11.2. The summed E-state index contributed by atoms with van der Waals surface area (Å²) in [5.41, 5.74) is 1.77. The smallest absolute Gasteiger partial charge is 0.341 e. The zero-order valence-electron chi connectivity index (χ0n) is 16.0. The maximum absolute atomic E-state index is 12.4. The number of thiocarbonyl (C=S) groups is 1. The largest absolute Gasteiger partial charge is 0.469 e. The molecule has 0 bridgehead atoms. The first-order chi connectivity index (χ1) is 13.1. The molecule has 0 atom stereocenters. The number of nitrogens with one attached hydrogen (secondary N) is 2. The highest BCUT2D eigenvalue weighted by Gasteiger charge is 2.26. The maximum atomic E-state index is 12.4. The van der Waals surface area contributed by atoms with Crippen molar-refractivity contribution >= 4 is 45.6 Å². The maximum Gasteiger partial charge on any atom is 0.341 e. The number of esters is 2. The summed E-state index contributed by atoms with van der Waals surface area (Å²) in [4.78, 5) is 24.8. The van der Waals surface area contributed by atoms with Gasteiger partial charge in [-0.3, -0.25) is 4.79 Å². The fourth-order valence-electron chi connectivity index (χ4n) is 3.10. The lowest BCUT2D eigenvalue weighted by molar-refractivity contribution is -0.140. The van der Waals surface area contributed by atoms with Crippen molar-refractivity contribution in [2.24, 2.45) is 0 Å². The van der Waals surface area contributed by atoms with E-state index in [0.717, 1.165) is 55.5 Å². The van der Waals surface area contributed by atoms with Crippen molar-refractivity contribution in [1.82, 2.24) is 5.32 Å². The van der Waals surface area contributed by atoms with Crippen molar-refractivity contribution in [2.75, 3.05) is 25.6 Å². The Labute approximate surface area is 170 Å². The van der Waals surface area contributed by atoms with Crippen LogP contribution in [0.5, 0.6) is 0 Å². The molecule has 2 rings (SSSR count). The summed E-state index contributed by atoms with van der Waals surface area (Å²) < 4.78 is 9.88. The number of methoxy groups -OCH3 is 1. The van der Waals surface area contributed by atoms with Gasteiger partial charge in [-0.1, -0.05) is 6.42 Å². The van der Waals surface area contributed by atoms with Crippen LogP contribution in [0.15, 0.2) is 0 Å². The van der Waals surface area contributed by atoms with Gasteiger partial charge in [0.1, 0.15) is 5.00 Å². The SMILES string of the molecule is CCOC(=O)c1c(NC(=S)NCCCCCC(=O)OC)sc2c1CCCC2. The summed E-state index contributed by atoms with van der Waals surface area (Å²) in [6.07, 6.45) is 7.27. The molecule has 0 fully saturated rings. The molecule has 1 aromatic rings. The number of carbonyl (C=O) groups excluding carboxylic acids is 2. The fraction of sp³-hybridized carbons (Fsp3) is 0.632. The first-order valence-corrected chi connectivity index (χ1v) is 10.7. The van der Waals surface area contributed by atoms with Crippen molar-refractivity contribution in [3.8, 4) is 0 Å². The molecule has 0 radical (unpaired) electrons.